The fourth-order valence-corrected chi connectivity index (χ4v) is 4.64. The molecular weight excluding hydrogens is 254 g/mol. The summed E-state index contributed by atoms with van der Waals surface area (Å²) in [6, 6.07) is 1.81. The topological polar surface area (TPSA) is 27.3 Å². The van der Waals surface area contributed by atoms with Crippen LogP contribution in [0, 0.1) is 11.8 Å². The Bertz CT molecular complexity index is 336. The maximum Gasteiger partial charge on any atom is 0.181 e. The average Bonchev–Trinajstić information content (AvgIpc) is 2.96. The number of fused-ring (bicyclic) bond motifs is 2. The third-order valence-electron chi connectivity index (χ3n) is 5.48. The van der Waals surface area contributed by atoms with Crippen LogP contribution >= 0.6 is 12.2 Å². The fraction of sp³-hybridized carbons (Fsp3) is 0.933. The third-order valence-corrected chi connectivity index (χ3v) is 5.69. The highest BCUT2D eigenvalue weighted by Crippen LogP contribution is 2.44. The lowest BCUT2D eigenvalue weighted by Crippen LogP contribution is -2.58. The van der Waals surface area contributed by atoms with Gasteiger partial charge in [-0.2, -0.15) is 0 Å². The molecule has 2 saturated carbocycles. The first kappa shape index (κ1) is 13.6. The number of hydrogen-bond donors (Lipinski definition) is 2. The van der Waals surface area contributed by atoms with Gasteiger partial charge in [-0.05, 0) is 70.0 Å². The summed E-state index contributed by atoms with van der Waals surface area (Å²) in [5.74, 6) is 1.85. The molecule has 2 bridgehead atoms. The number of hydrogen-bond acceptors (Lipinski definition) is 2. The lowest BCUT2D eigenvalue weighted by molar-refractivity contribution is 0.0731. The van der Waals surface area contributed by atoms with Crippen molar-refractivity contribution in [2.24, 2.45) is 11.8 Å². The van der Waals surface area contributed by atoms with Gasteiger partial charge in [-0.3, -0.25) is 5.43 Å². The number of nitrogens with zero attached hydrogens (tertiary/aromatic N) is 1. The van der Waals surface area contributed by atoms with E-state index in [2.05, 4.69) is 29.6 Å². The Kier molecular flexibility index (Phi) is 3.99. The van der Waals surface area contributed by atoms with E-state index in [1.54, 1.807) is 0 Å². The maximum absolute atomic E-state index is 5.53. The van der Waals surface area contributed by atoms with Crippen LogP contribution in [0.5, 0.6) is 0 Å². The quantitative estimate of drug-likeness (QED) is 0.761. The van der Waals surface area contributed by atoms with Crippen molar-refractivity contribution in [2.75, 3.05) is 0 Å². The lowest BCUT2D eigenvalue weighted by atomic mass is 9.95. The molecule has 3 rings (SSSR count). The van der Waals surface area contributed by atoms with Crippen LogP contribution in [-0.2, 0) is 0 Å². The van der Waals surface area contributed by atoms with Crippen LogP contribution in [0.2, 0.25) is 0 Å². The molecule has 2 aliphatic carbocycles. The molecule has 0 unspecified atom stereocenters. The monoisotopic (exact) mass is 281 g/mol. The molecule has 1 saturated heterocycles. The van der Waals surface area contributed by atoms with E-state index < -0.39 is 0 Å². The molecule has 1 heterocycles. The Hall–Kier alpha value is -0.350. The van der Waals surface area contributed by atoms with Gasteiger partial charge in [-0.15, -0.1) is 0 Å². The second-order valence-corrected chi connectivity index (χ2v) is 7.31. The highest BCUT2D eigenvalue weighted by molar-refractivity contribution is 7.80. The Balaban J connectivity index is 1.50. The number of piperidine rings is 1. The summed E-state index contributed by atoms with van der Waals surface area (Å²) in [4.78, 5) is 0. The zero-order valence-electron chi connectivity index (χ0n) is 12.2. The third kappa shape index (κ3) is 2.89. The first-order valence-corrected chi connectivity index (χ1v) is 8.40. The van der Waals surface area contributed by atoms with Crippen LogP contribution in [0.4, 0.5) is 0 Å². The highest BCUT2D eigenvalue weighted by atomic mass is 32.1. The number of rotatable bonds is 2. The van der Waals surface area contributed by atoms with Gasteiger partial charge in [0.15, 0.2) is 5.11 Å². The first-order valence-electron chi connectivity index (χ1n) is 7.99. The average molecular weight is 281 g/mol. The molecular formula is C15H27N3S. The van der Waals surface area contributed by atoms with E-state index in [-0.39, 0.29) is 0 Å². The molecule has 0 radical (unpaired) electrons. The summed E-state index contributed by atoms with van der Waals surface area (Å²) >= 11 is 5.53. The first-order chi connectivity index (χ1) is 9.13. The van der Waals surface area contributed by atoms with E-state index in [1.807, 2.05) is 0 Å². The summed E-state index contributed by atoms with van der Waals surface area (Å²) in [5, 5.41) is 6.78. The van der Waals surface area contributed by atoms with E-state index in [1.165, 1.54) is 44.9 Å². The van der Waals surface area contributed by atoms with Crippen molar-refractivity contribution in [3.05, 3.63) is 0 Å². The maximum atomic E-state index is 5.53. The molecule has 0 aromatic rings. The Morgan fingerprint density at radius 3 is 2.37 bits per heavy atom. The molecule has 0 aromatic carbocycles. The van der Waals surface area contributed by atoms with Gasteiger partial charge in [0.05, 0.1) is 0 Å². The van der Waals surface area contributed by atoms with E-state index >= 15 is 0 Å². The number of thiocarbonyl (C=S) groups is 1. The van der Waals surface area contributed by atoms with Crippen molar-refractivity contribution in [2.45, 2.75) is 76.9 Å². The van der Waals surface area contributed by atoms with E-state index in [0.717, 1.165) is 16.9 Å². The molecule has 3 nitrogen and oxygen atoms in total. The van der Waals surface area contributed by atoms with Crippen molar-refractivity contribution in [3.63, 3.8) is 0 Å². The normalized spacial score (nSPS) is 42.3. The Morgan fingerprint density at radius 2 is 1.79 bits per heavy atom. The minimum absolute atomic E-state index is 0.587. The summed E-state index contributed by atoms with van der Waals surface area (Å²) in [6.07, 6.45) is 9.49. The van der Waals surface area contributed by atoms with Crippen molar-refractivity contribution < 1.29 is 0 Å². The molecule has 19 heavy (non-hydrogen) atoms. The van der Waals surface area contributed by atoms with Crippen LogP contribution in [0.15, 0.2) is 0 Å². The van der Waals surface area contributed by atoms with Gasteiger partial charge >= 0.3 is 0 Å². The lowest BCUT2D eigenvalue weighted by Gasteiger charge is -2.40. The van der Waals surface area contributed by atoms with Crippen molar-refractivity contribution >= 4 is 17.3 Å². The molecule has 2 N–H and O–H groups in total. The van der Waals surface area contributed by atoms with Gasteiger partial charge in [0.2, 0.25) is 0 Å². The van der Waals surface area contributed by atoms with Gasteiger partial charge in [0.25, 0.3) is 0 Å². The summed E-state index contributed by atoms with van der Waals surface area (Å²) in [5.41, 5.74) is 3.46. The zero-order chi connectivity index (χ0) is 13.4. The predicted octanol–water partition coefficient (Wildman–Crippen LogP) is 2.82. The Labute approximate surface area is 122 Å². The number of hydrazine groups is 1. The molecule has 108 valence electrons. The van der Waals surface area contributed by atoms with Gasteiger partial charge < -0.3 is 5.32 Å². The van der Waals surface area contributed by atoms with Crippen molar-refractivity contribution in [3.8, 4) is 0 Å². The Morgan fingerprint density at radius 1 is 1.05 bits per heavy atom. The van der Waals surface area contributed by atoms with Crippen molar-refractivity contribution in [1.29, 1.82) is 0 Å². The van der Waals surface area contributed by atoms with Crippen LogP contribution < -0.4 is 10.7 Å². The van der Waals surface area contributed by atoms with Crippen LogP contribution in [0.25, 0.3) is 0 Å². The van der Waals surface area contributed by atoms with Crippen molar-refractivity contribution in [1.82, 2.24) is 15.8 Å². The van der Waals surface area contributed by atoms with E-state index in [9.17, 15) is 0 Å². The molecule has 0 aromatic heterocycles. The second-order valence-electron chi connectivity index (χ2n) is 6.90. The molecule has 4 heteroatoms. The molecule has 0 amide bonds. The van der Waals surface area contributed by atoms with Gasteiger partial charge in [-0.1, -0.05) is 12.8 Å². The van der Waals surface area contributed by atoms with Crippen LogP contribution in [0.1, 0.15) is 58.8 Å². The molecule has 3 aliphatic rings. The summed E-state index contributed by atoms with van der Waals surface area (Å²) in [6.45, 7) is 4.59. The van der Waals surface area contributed by atoms with Crippen LogP contribution in [-0.4, -0.2) is 28.2 Å². The van der Waals surface area contributed by atoms with Gasteiger partial charge in [-0.25, -0.2) is 5.01 Å². The number of nitrogens with one attached hydrogen (secondary N) is 2. The SMILES string of the molecule is C[C@@H]1CCC[C@@H](C)N1NC(=S)N[C@@H]1C[C@@H]2CC[C@@H]1C2. The smallest absolute Gasteiger partial charge is 0.181 e. The van der Waals surface area contributed by atoms with E-state index in [0.29, 0.717) is 18.1 Å². The summed E-state index contributed by atoms with van der Waals surface area (Å²) < 4.78 is 0. The van der Waals surface area contributed by atoms with Gasteiger partial charge in [0.1, 0.15) is 0 Å². The van der Waals surface area contributed by atoms with E-state index in [4.69, 9.17) is 12.2 Å². The summed E-state index contributed by atoms with van der Waals surface area (Å²) in [7, 11) is 0. The minimum atomic E-state index is 0.587. The standard InChI is InChI=1S/C15H27N3S/c1-10-4-3-5-11(2)18(10)17-15(19)16-14-9-12-6-7-13(14)8-12/h10-14H,3-9H2,1-2H3,(H2,16,17,19)/t10-,11-,12-,13-,14-/m1/s1. The minimum Gasteiger partial charge on any atom is -0.359 e. The predicted molar refractivity (Wildman–Crippen MR) is 82.7 cm³/mol. The van der Waals surface area contributed by atoms with Gasteiger partial charge in [0, 0.05) is 18.1 Å². The molecule has 1 aliphatic heterocycles. The highest BCUT2D eigenvalue weighted by Gasteiger charge is 2.39. The molecule has 5 atom stereocenters. The van der Waals surface area contributed by atoms with Crippen LogP contribution in [0.3, 0.4) is 0 Å². The second kappa shape index (κ2) is 5.57. The zero-order valence-corrected chi connectivity index (χ0v) is 13.0. The largest absolute Gasteiger partial charge is 0.359 e. The molecule has 3 fully saturated rings. The molecule has 0 spiro atoms. The fourth-order valence-electron chi connectivity index (χ4n) is 4.38.